The third kappa shape index (κ3) is 4.47. The van der Waals surface area contributed by atoms with E-state index in [1.54, 1.807) is 12.1 Å². The van der Waals surface area contributed by atoms with Crippen molar-refractivity contribution in [1.82, 2.24) is 5.32 Å². The molecule has 6 heteroatoms. The van der Waals surface area contributed by atoms with Crippen molar-refractivity contribution in [2.75, 3.05) is 16.8 Å². The van der Waals surface area contributed by atoms with Crippen LogP contribution in [-0.2, 0) is 16.4 Å². The first kappa shape index (κ1) is 16.3. The molecule has 0 spiro atoms. The van der Waals surface area contributed by atoms with E-state index in [-0.39, 0.29) is 23.6 Å². The van der Waals surface area contributed by atoms with Crippen LogP contribution in [0.3, 0.4) is 0 Å². The van der Waals surface area contributed by atoms with Crippen molar-refractivity contribution in [2.45, 2.75) is 18.6 Å². The molecule has 0 saturated carbocycles. The van der Waals surface area contributed by atoms with Gasteiger partial charge in [-0.05, 0) is 29.8 Å². The van der Waals surface area contributed by atoms with E-state index in [0.717, 1.165) is 11.3 Å². The Balaban J connectivity index is 1.68. The standard InChI is InChI=1S/C17H19ClN2O2S/c18-14-6-8-15(9-7-14)20-17-12-23(21,22)11-16(17)19-10-13-4-2-1-3-5-13/h1-9,16-17,19-20H,10-12H2/t16-,17-/m0/s1. The molecule has 23 heavy (non-hydrogen) atoms. The van der Waals surface area contributed by atoms with Gasteiger partial charge in [0, 0.05) is 23.3 Å². The lowest BCUT2D eigenvalue weighted by Crippen LogP contribution is -2.42. The van der Waals surface area contributed by atoms with Crippen molar-refractivity contribution in [3.63, 3.8) is 0 Å². The van der Waals surface area contributed by atoms with Gasteiger partial charge in [-0.2, -0.15) is 0 Å². The Morgan fingerprint density at radius 3 is 2.30 bits per heavy atom. The number of halogens is 1. The smallest absolute Gasteiger partial charge is 0.153 e. The maximum Gasteiger partial charge on any atom is 0.153 e. The minimum absolute atomic E-state index is 0.115. The average molecular weight is 351 g/mol. The van der Waals surface area contributed by atoms with Crippen molar-refractivity contribution >= 4 is 27.1 Å². The molecule has 1 saturated heterocycles. The zero-order valence-corrected chi connectivity index (χ0v) is 14.1. The second kappa shape index (κ2) is 6.91. The van der Waals surface area contributed by atoms with Crippen LogP contribution in [0.5, 0.6) is 0 Å². The van der Waals surface area contributed by atoms with Gasteiger partial charge in [-0.1, -0.05) is 41.9 Å². The van der Waals surface area contributed by atoms with Gasteiger partial charge in [0.1, 0.15) is 0 Å². The number of anilines is 1. The molecule has 2 N–H and O–H groups in total. The summed E-state index contributed by atoms with van der Waals surface area (Å²) in [5.41, 5.74) is 2.02. The molecule has 0 radical (unpaired) electrons. The lowest BCUT2D eigenvalue weighted by Gasteiger charge is -2.22. The Labute approximate surface area is 141 Å². The summed E-state index contributed by atoms with van der Waals surface area (Å²) in [6.45, 7) is 0.653. The zero-order chi connectivity index (χ0) is 16.3. The number of hydrogen-bond donors (Lipinski definition) is 2. The SMILES string of the molecule is O=S1(=O)C[C@H](NCc2ccccc2)[C@@H](Nc2ccc(Cl)cc2)C1. The maximum atomic E-state index is 12.0. The van der Waals surface area contributed by atoms with E-state index in [9.17, 15) is 8.42 Å². The summed E-state index contributed by atoms with van der Waals surface area (Å²) < 4.78 is 24.0. The zero-order valence-electron chi connectivity index (χ0n) is 12.6. The summed E-state index contributed by atoms with van der Waals surface area (Å²) in [7, 11) is -3.03. The highest BCUT2D eigenvalue weighted by Crippen LogP contribution is 2.20. The summed E-state index contributed by atoms with van der Waals surface area (Å²) in [5.74, 6) is 0.299. The minimum Gasteiger partial charge on any atom is -0.380 e. The summed E-state index contributed by atoms with van der Waals surface area (Å²) in [6, 6.07) is 17.0. The van der Waals surface area contributed by atoms with Crippen LogP contribution in [0.2, 0.25) is 5.02 Å². The minimum atomic E-state index is -3.03. The Morgan fingerprint density at radius 1 is 0.957 bits per heavy atom. The van der Waals surface area contributed by atoms with Crippen molar-refractivity contribution in [2.24, 2.45) is 0 Å². The molecule has 0 unspecified atom stereocenters. The number of hydrogen-bond acceptors (Lipinski definition) is 4. The quantitative estimate of drug-likeness (QED) is 0.870. The fourth-order valence-corrected chi connectivity index (χ4v) is 4.82. The Hall–Kier alpha value is -1.56. The molecule has 0 aromatic heterocycles. The Bertz CT molecular complexity index is 748. The highest BCUT2D eigenvalue weighted by Gasteiger charge is 2.37. The molecule has 1 aliphatic rings. The van der Waals surface area contributed by atoms with E-state index in [1.807, 2.05) is 42.5 Å². The number of nitrogens with one attached hydrogen (secondary N) is 2. The van der Waals surface area contributed by atoms with Gasteiger partial charge in [0.25, 0.3) is 0 Å². The summed E-state index contributed by atoms with van der Waals surface area (Å²) in [6.07, 6.45) is 0. The van der Waals surface area contributed by atoms with Crippen LogP contribution in [0.4, 0.5) is 5.69 Å². The molecule has 3 rings (SSSR count). The van der Waals surface area contributed by atoms with Crippen molar-refractivity contribution in [1.29, 1.82) is 0 Å². The van der Waals surface area contributed by atoms with Gasteiger partial charge in [-0.3, -0.25) is 0 Å². The first-order valence-corrected chi connectivity index (χ1v) is 9.72. The summed E-state index contributed by atoms with van der Waals surface area (Å²) in [4.78, 5) is 0. The molecular formula is C17H19ClN2O2S. The van der Waals surface area contributed by atoms with E-state index in [2.05, 4.69) is 10.6 Å². The van der Waals surface area contributed by atoms with E-state index in [4.69, 9.17) is 11.6 Å². The summed E-state index contributed by atoms with van der Waals surface area (Å²) >= 11 is 5.88. The van der Waals surface area contributed by atoms with Crippen LogP contribution in [-0.4, -0.2) is 32.0 Å². The van der Waals surface area contributed by atoms with E-state index >= 15 is 0 Å². The lowest BCUT2D eigenvalue weighted by molar-refractivity contribution is 0.521. The Kier molecular flexibility index (Phi) is 4.90. The molecule has 2 atom stereocenters. The summed E-state index contributed by atoms with van der Waals surface area (Å²) in [5, 5.41) is 7.34. The second-order valence-electron chi connectivity index (χ2n) is 5.81. The molecule has 0 aliphatic carbocycles. The molecule has 4 nitrogen and oxygen atoms in total. The Morgan fingerprint density at radius 2 is 1.61 bits per heavy atom. The van der Waals surface area contributed by atoms with Crippen molar-refractivity contribution in [3.05, 3.63) is 65.2 Å². The van der Waals surface area contributed by atoms with Crippen molar-refractivity contribution < 1.29 is 8.42 Å². The molecule has 0 bridgehead atoms. The molecule has 1 aliphatic heterocycles. The largest absolute Gasteiger partial charge is 0.380 e. The third-order valence-corrected chi connectivity index (χ3v) is 5.95. The predicted octanol–water partition coefficient (Wildman–Crippen LogP) is 2.71. The van der Waals surface area contributed by atoms with E-state index in [0.29, 0.717) is 11.6 Å². The van der Waals surface area contributed by atoms with Gasteiger partial charge in [0.05, 0.1) is 17.5 Å². The fraction of sp³-hybridized carbons (Fsp3) is 0.294. The second-order valence-corrected chi connectivity index (χ2v) is 8.40. The highest BCUT2D eigenvalue weighted by atomic mass is 35.5. The third-order valence-electron chi connectivity index (χ3n) is 3.96. The molecule has 2 aromatic rings. The number of benzene rings is 2. The molecule has 1 heterocycles. The lowest BCUT2D eigenvalue weighted by atomic mass is 10.1. The highest BCUT2D eigenvalue weighted by molar-refractivity contribution is 7.91. The first-order valence-electron chi connectivity index (χ1n) is 7.52. The van der Waals surface area contributed by atoms with Crippen molar-refractivity contribution in [3.8, 4) is 0 Å². The monoisotopic (exact) mass is 350 g/mol. The van der Waals surface area contributed by atoms with Crippen LogP contribution in [0.15, 0.2) is 54.6 Å². The van der Waals surface area contributed by atoms with E-state index < -0.39 is 9.84 Å². The molecule has 1 fully saturated rings. The van der Waals surface area contributed by atoms with E-state index in [1.165, 1.54) is 0 Å². The number of rotatable bonds is 5. The molecule has 122 valence electrons. The van der Waals surface area contributed by atoms with Gasteiger partial charge in [0.2, 0.25) is 0 Å². The van der Waals surface area contributed by atoms with Crippen LogP contribution < -0.4 is 10.6 Å². The van der Waals surface area contributed by atoms with Gasteiger partial charge in [0.15, 0.2) is 9.84 Å². The predicted molar refractivity (Wildman–Crippen MR) is 94.6 cm³/mol. The van der Waals surface area contributed by atoms with Gasteiger partial charge in [-0.15, -0.1) is 0 Å². The molecule has 0 amide bonds. The molecular weight excluding hydrogens is 332 g/mol. The van der Waals surface area contributed by atoms with Crippen LogP contribution in [0.1, 0.15) is 5.56 Å². The molecule has 2 aromatic carbocycles. The van der Waals surface area contributed by atoms with Crippen LogP contribution in [0, 0.1) is 0 Å². The first-order chi connectivity index (χ1) is 11.0. The average Bonchev–Trinajstić information content (AvgIpc) is 2.82. The topological polar surface area (TPSA) is 58.2 Å². The normalized spacial score (nSPS) is 22.8. The maximum absolute atomic E-state index is 12.0. The number of sulfone groups is 1. The van der Waals surface area contributed by atoms with Crippen LogP contribution >= 0.6 is 11.6 Å². The van der Waals surface area contributed by atoms with Gasteiger partial charge >= 0.3 is 0 Å². The fourth-order valence-electron chi connectivity index (χ4n) is 2.80. The van der Waals surface area contributed by atoms with Gasteiger partial charge in [-0.25, -0.2) is 8.42 Å². The van der Waals surface area contributed by atoms with Gasteiger partial charge < -0.3 is 10.6 Å². The van der Waals surface area contributed by atoms with Crippen LogP contribution in [0.25, 0.3) is 0 Å².